The molecule has 1 N–H and O–H groups in total. The van der Waals surface area contributed by atoms with Gasteiger partial charge in [0.05, 0.1) is 5.69 Å². The molecule has 0 radical (unpaired) electrons. The highest BCUT2D eigenvalue weighted by atomic mass is 35.5. The van der Waals surface area contributed by atoms with Crippen molar-refractivity contribution in [2.45, 2.75) is 78.6 Å². The van der Waals surface area contributed by atoms with E-state index >= 15 is 0 Å². The number of pyridine rings is 1. The molecule has 0 fully saturated rings. The number of halogens is 1. The van der Waals surface area contributed by atoms with Crippen LogP contribution >= 0.6 is 11.6 Å². The number of nitrogens with zero attached hydrogens (tertiary/aromatic N) is 1. The molecule has 0 bridgehead atoms. The predicted octanol–water partition coefficient (Wildman–Crippen LogP) is 7.00. The van der Waals surface area contributed by atoms with E-state index in [0.717, 1.165) is 22.4 Å². The van der Waals surface area contributed by atoms with Crippen LogP contribution in [0.3, 0.4) is 0 Å². The first-order valence-electron chi connectivity index (χ1n) is 9.17. The topological polar surface area (TPSA) is 33.1 Å². The Labute approximate surface area is 163 Å². The summed E-state index contributed by atoms with van der Waals surface area (Å²) in [6.45, 7) is 19.3. The maximum Gasteiger partial charge on any atom is 0.130 e. The fraction of sp³-hybridized carbons (Fsp3) is 0.522. The smallest absolute Gasteiger partial charge is 0.130 e. The SMILES string of the molecule is CC(C)(C)c1cc(Cl)nc(-c2cc(C(C)(C)C)cc(C(C)(C)C)c2O)c1. The van der Waals surface area contributed by atoms with Gasteiger partial charge in [0.25, 0.3) is 0 Å². The molecule has 0 aliphatic heterocycles. The summed E-state index contributed by atoms with van der Waals surface area (Å²) in [5, 5.41) is 11.5. The van der Waals surface area contributed by atoms with Crippen LogP contribution in [0.15, 0.2) is 24.3 Å². The lowest BCUT2D eigenvalue weighted by Gasteiger charge is -2.28. The number of phenolic OH excluding ortho intramolecular Hbond substituents is 1. The monoisotopic (exact) mass is 373 g/mol. The average Bonchev–Trinajstić information content (AvgIpc) is 2.43. The van der Waals surface area contributed by atoms with E-state index in [1.165, 1.54) is 5.56 Å². The summed E-state index contributed by atoms with van der Waals surface area (Å²) in [6, 6.07) is 8.12. The van der Waals surface area contributed by atoms with Gasteiger partial charge >= 0.3 is 0 Å². The second kappa shape index (κ2) is 6.56. The fourth-order valence-electron chi connectivity index (χ4n) is 2.90. The van der Waals surface area contributed by atoms with E-state index < -0.39 is 0 Å². The second-order valence-electron chi connectivity index (χ2n) is 10.2. The van der Waals surface area contributed by atoms with Crippen molar-refractivity contribution < 1.29 is 5.11 Å². The van der Waals surface area contributed by atoms with Gasteiger partial charge in [-0.2, -0.15) is 0 Å². The van der Waals surface area contributed by atoms with Crippen LogP contribution in [0.25, 0.3) is 11.3 Å². The van der Waals surface area contributed by atoms with Crippen molar-refractivity contribution in [1.29, 1.82) is 0 Å². The van der Waals surface area contributed by atoms with E-state index in [0.29, 0.717) is 10.9 Å². The minimum absolute atomic E-state index is 0.0338. The molecule has 0 saturated carbocycles. The molecule has 0 saturated heterocycles. The summed E-state index contributed by atoms with van der Waals surface area (Å²) in [7, 11) is 0. The van der Waals surface area contributed by atoms with Crippen LogP contribution in [0.2, 0.25) is 5.15 Å². The van der Waals surface area contributed by atoms with Gasteiger partial charge in [0.1, 0.15) is 10.9 Å². The molecular formula is C23H32ClNO. The van der Waals surface area contributed by atoms with Crippen molar-refractivity contribution >= 4 is 11.6 Å². The molecule has 2 aromatic rings. The van der Waals surface area contributed by atoms with Gasteiger partial charge < -0.3 is 5.11 Å². The Morgan fingerprint density at radius 1 is 0.731 bits per heavy atom. The summed E-state index contributed by atoms with van der Waals surface area (Å²) in [6.07, 6.45) is 0. The lowest BCUT2D eigenvalue weighted by molar-refractivity contribution is 0.446. The number of aromatic hydroxyl groups is 1. The Morgan fingerprint density at radius 2 is 1.23 bits per heavy atom. The van der Waals surface area contributed by atoms with Crippen molar-refractivity contribution in [3.63, 3.8) is 0 Å². The van der Waals surface area contributed by atoms with Crippen LogP contribution in [-0.2, 0) is 16.2 Å². The van der Waals surface area contributed by atoms with E-state index in [1.54, 1.807) is 0 Å². The minimum atomic E-state index is -0.175. The molecule has 0 amide bonds. The molecule has 0 aliphatic rings. The van der Waals surface area contributed by atoms with Gasteiger partial charge in [0.15, 0.2) is 0 Å². The van der Waals surface area contributed by atoms with E-state index in [4.69, 9.17) is 11.6 Å². The zero-order chi connectivity index (χ0) is 20.1. The lowest BCUT2D eigenvalue weighted by atomic mass is 9.78. The van der Waals surface area contributed by atoms with Crippen molar-refractivity contribution in [2.75, 3.05) is 0 Å². The molecule has 2 rings (SSSR count). The van der Waals surface area contributed by atoms with Gasteiger partial charge in [-0.15, -0.1) is 0 Å². The van der Waals surface area contributed by atoms with Crippen LogP contribution in [0, 0.1) is 0 Å². The first kappa shape index (κ1) is 20.8. The Bertz CT molecular complexity index is 818. The summed E-state index contributed by atoms with van der Waals surface area (Å²) in [5.41, 5.74) is 4.41. The predicted molar refractivity (Wildman–Crippen MR) is 112 cm³/mol. The van der Waals surface area contributed by atoms with Crippen LogP contribution in [-0.4, -0.2) is 10.1 Å². The van der Waals surface area contributed by atoms with E-state index in [2.05, 4.69) is 79.4 Å². The maximum atomic E-state index is 11.1. The van der Waals surface area contributed by atoms with Crippen molar-refractivity contribution in [3.05, 3.63) is 46.1 Å². The van der Waals surface area contributed by atoms with Crippen LogP contribution in [0.1, 0.15) is 79.0 Å². The molecule has 3 heteroatoms. The number of hydrogen-bond donors (Lipinski definition) is 1. The Balaban J connectivity index is 2.84. The lowest BCUT2D eigenvalue weighted by Crippen LogP contribution is -2.17. The average molecular weight is 374 g/mol. The summed E-state index contributed by atoms with van der Waals surface area (Å²) < 4.78 is 0. The molecule has 1 aromatic carbocycles. The standard InChI is InChI=1S/C23H32ClNO/c1-21(2,3)14-10-16(20(26)17(11-14)23(7,8)9)18-12-15(22(4,5)6)13-19(24)25-18/h10-13,26H,1-9H3. The van der Waals surface area contributed by atoms with E-state index in [1.807, 2.05) is 12.1 Å². The molecule has 142 valence electrons. The highest BCUT2D eigenvalue weighted by Gasteiger charge is 2.26. The minimum Gasteiger partial charge on any atom is -0.507 e. The first-order valence-corrected chi connectivity index (χ1v) is 9.55. The number of aromatic nitrogens is 1. The number of hydrogen-bond acceptors (Lipinski definition) is 2. The quantitative estimate of drug-likeness (QED) is 0.546. The molecule has 1 heterocycles. The Hall–Kier alpha value is -1.54. The van der Waals surface area contributed by atoms with Crippen molar-refractivity contribution in [2.24, 2.45) is 0 Å². The molecule has 0 atom stereocenters. The van der Waals surface area contributed by atoms with Crippen molar-refractivity contribution in [1.82, 2.24) is 4.98 Å². The number of benzene rings is 1. The van der Waals surface area contributed by atoms with Crippen molar-refractivity contribution in [3.8, 4) is 17.0 Å². The van der Waals surface area contributed by atoms with Crippen LogP contribution in [0.5, 0.6) is 5.75 Å². The van der Waals surface area contributed by atoms with Gasteiger partial charge in [-0.05, 0) is 45.6 Å². The summed E-state index contributed by atoms with van der Waals surface area (Å²) in [5.74, 6) is 0.292. The van der Waals surface area contributed by atoms with Gasteiger partial charge in [-0.25, -0.2) is 4.98 Å². The largest absolute Gasteiger partial charge is 0.507 e. The Morgan fingerprint density at radius 3 is 1.69 bits per heavy atom. The van der Waals surface area contributed by atoms with Crippen LogP contribution in [0.4, 0.5) is 0 Å². The molecule has 1 aromatic heterocycles. The van der Waals surface area contributed by atoms with E-state index in [-0.39, 0.29) is 16.2 Å². The van der Waals surface area contributed by atoms with Gasteiger partial charge in [-0.3, -0.25) is 0 Å². The summed E-state index contributed by atoms with van der Waals surface area (Å²) >= 11 is 6.32. The third-order valence-corrected chi connectivity index (χ3v) is 4.91. The highest BCUT2D eigenvalue weighted by molar-refractivity contribution is 6.29. The summed E-state index contributed by atoms with van der Waals surface area (Å²) in [4.78, 5) is 4.53. The number of rotatable bonds is 1. The third kappa shape index (κ3) is 4.40. The maximum absolute atomic E-state index is 11.1. The normalized spacial score (nSPS) is 13.2. The van der Waals surface area contributed by atoms with Gasteiger partial charge in [0.2, 0.25) is 0 Å². The molecule has 0 aliphatic carbocycles. The first-order chi connectivity index (χ1) is 11.6. The molecule has 0 unspecified atom stereocenters. The van der Waals surface area contributed by atoms with Gasteiger partial charge in [0, 0.05) is 11.1 Å². The van der Waals surface area contributed by atoms with Gasteiger partial charge in [-0.1, -0.05) is 80.0 Å². The highest BCUT2D eigenvalue weighted by Crippen LogP contribution is 2.42. The zero-order valence-electron chi connectivity index (χ0n) is 17.6. The van der Waals surface area contributed by atoms with E-state index in [9.17, 15) is 5.11 Å². The Kier molecular flexibility index (Phi) is 5.24. The second-order valence-corrected chi connectivity index (χ2v) is 10.6. The molecule has 0 spiro atoms. The zero-order valence-corrected chi connectivity index (χ0v) is 18.3. The fourth-order valence-corrected chi connectivity index (χ4v) is 3.11. The molecule has 2 nitrogen and oxygen atoms in total. The molecular weight excluding hydrogens is 342 g/mol. The third-order valence-electron chi connectivity index (χ3n) is 4.72. The van der Waals surface area contributed by atoms with Crippen LogP contribution < -0.4 is 0 Å². The number of phenols is 1. The molecule has 26 heavy (non-hydrogen) atoms.